The maximum atomic E-state index is 11.6. The Morgan fingerprint density at radius 3 is 3.00 bits per heavy atom. The third-order valence-corrected chi connectivity index (χ3v) is 4.20. The third kappa shape index (κ3) is 2.53. The van der Waals surface area contributed by atoms with E-state index in [1.807, 2.05) is 10.6 Å². The molecule has 5 heteroatoms. The summed E-state index contributed by atoms with van der Waals surface area (Å²) in [7, 11) is 1.39. The van der Waals surface area contributed by atoms with E-state index < -0.39 is 0 Å². The number of hydrogen-bond acceptors (Lipinski definition) is 4. The van der Waals surface area contributed by atoms with Crippen molar-refractivity contribution in [2.75, 3.05) is 13.7 Å². The van der Waals surface area contributed by atoms with Gasteiger partial charge in [-0.2, -0.15) is 0 Å². The SMILES string of the molecule is COC(=O)c1ccn2cc(C3CCCN3C(C)C)nc2c1. The molecular weight excluding hydrogens is 266 g/mol. The van der Waals surface area contributed by atoms with Crippen molar-refractivity contribution in [1.29, 1.82) is 0 Å². The Kier molecular flexibility index (Phi) is 3.68. The summed E-state index contributed by atoms with van der Waals surface area (Å²) in [4.78, 5) is 18.8. The molecule has 0 aromatic carbocycles. The predicted octanol–water partition coefficient (Wildman–Crippen LogP) is 2.67. The fourth-order valence-corrected chi connectivity index (χ4v) is 3.13. The van der Waals surface area contributed by atoms with Crippen molar-refractivity contribution in [2.24, 2.45) is 0 Å². The normalized spacial score (nSPS) is 19.5. The lowest BCUT2D eigenvalue weighted by Gasteiger charge is -2.26. The minimum atomic E-state index is -0.327. The molecule has 0 bridgehead atoms. The first-order valence-corrected chi connectivity index (χ1v) is 7.43. The first-order chi connectivity index (χ1) is 10.1. The van der Waals surface area contributed by atoms with E-state index in [1.54, 1.807) is 12.1 Å². The number of likely N-dealkylation sites (tertiary alicyclic amines) is 1. The molecule has 1 saturated heterocycles. The molecule has 0 saturated carbocycles. The first-order valence-electron chi connectivity index (χ1n) is 7.43. The maximum absolute atomic E-state index is 11.6. The van der Waals surface area contributed by atoms with Gasteiger partial charge >= 0.3 is 5.97 Å². The van der Waals surface area contributed by atoms with Gasteiger partial charge in [0, 0.05) is 18.4 Å². The Balaban J connectivity index is 1.95. The molecule has 112 valence electrons. The summed E-state index contributed by atoms with van der Waals surface area (Å²) in [6, 6.07) is 4.45. The molecule has 21 heavy (non-hydrogen) atoms. The Labute approximate surface area is 124 Å². The van der Waals surface area contributed by atoms with Crippen LogP contribution in [0.3, 0.4) is 0 Å². The van der Waals surface area contributed by atoms with Gasteiger partial charge < -0.3 is 9.14 Å². The highest BCUT2D eigenvalue weighted by molar-refractivity contribution is 5.90. The van der Waals surface area contributed by atoms with Crippen molar-refractivity contribution < 1.29 is 9.53 Å². The summed E-state index contributed by atoms with van der Waals surface area (Å²) in [6.07, 6.45) is 6.30. The minimum absolute atomic E-state index is 0.327. The second-order valence-electron chi connectivity index (χ2n) is 5.83. The number of aromatic nitrogens is 2. The molecule has 1 unspecified atom stereocenters. The van der Waals surface area contributed by atoms with E-state index in [1.165, 1.54) is 13.5 Å². The molecule has 1 fully saturated rings. The van der Waals surface area contributed by atoms with Crippen LogP contribution in [0.5, 0.6) is 0 Å². The minimum Gasteiger partial charge on any atom is -0.465 e. The van der Waals surface area contributed by atoms with E-state index in [0.29, 0.717) is 17.6 Å². The lowest BCUT2D eigenvalue weighted by molar-refractivity contribution is 0.0600. The molecular formula is C16H21N3O2. The number of rotatable bonds is 3. The highest BCUT2D eigenvalue weighted by atomic mass is 16.5. The highest BCUT2D eigenvalue weighted by Crippen LogP contribution is 2.33. The van der Waals surface area contributed by atoms with Crippen LogP contribution in [0.2, 0.25) is 0 Å². The van der Waals surface area contributed by atoms with Crippen molar-refractivity contribution in [3.8, 4) is 0 Å². The molecule has 0 amide bonds. The predicted molar refractivity (Wildman–Crippen MR) is 80.3 cm³/mol. The number of imidazole rings is 1. The van der Waals surface area contributed by atoms with Gasteiger partial charge in [-0.15, -0.1) is 0 Å². The van der Waals surface area contributed by atoms with Gasteiger partial charge in [0.1, 0.15) is 5.65 Å². The summed E-state index contributed by atoms with van der Waals surface area (Å²) in [5, 5.41) is 0. The van der Waals surface area contributed by atoms with Crippen LogP contribution in [0.1, 0.15) is 48.8 Å². The van der Waals surface area contributed by atoms with Crippen LogP contribution in [-0.2, 0) is 4.74 Å². The topological polar surface area (TPSA) is 46.8 Å². The van der Waals surface area contributed by atoms with Crippen LogP contribution in [0, 0.1) is 0 Å². The summed E-state index contributed by atoms with van der Waals surface area (Å²) in [6.45, 7) is 5.58. The van der Waals surface area contributed by atoms with E-state index in [-0.39, 0.29) is 5.97 Å². The van der Waals surface area contributed by atoms with Crippen LogP contribution in [0.25, 0.3) is 5.65 Å². The van der Waals surface area contributed by atoms with Crippen molar-refractivity contribution in [1.82, 2.24) is 14.3 Å². The zero-order chi connectivity index (χ0) is 15.0. The van der Waals surface area contributed by atoms with E-state index in [0.717, 1.165) is 24.3 Å². The Bertz CT molecular complexity index is 663. The van der Waals surface area contributed by atoms with E-state index >= 15 is 0 Å². The fraction of sp³-hybridized carbons (Fsp3) is 0.500. The van der Waals surface area contributed by atoms with Gasteiger partial charge in [0.2, 0.25) is 0 Å². The first kappa shape index (κ1) is 14.1. The average molecular weight is 287 g/mol. The standard InChI is InChI=1S/C16H21N3O2/c1-11(2)19-7-4-5-14(19)13-10-18-8-6-12(16(20)21-3)9-15(18)17-13/h6,8-11,14H,4-5,7H2,1-3H3. The van der Waals surface area contributed by atoms with Crippen LogP contribution in [0.15, 0.2) is 24.5 Å². The molecule has 3 rings (SSSR count). The van der Waals surface area contributed by atoms with E-state index in [2.05, 4.69) is 24.9 Å². The number of methoxy groups -OCH3 is 1. The summed E-state index contributed by atoms with van der Waals surface area (Å²) in [5.74, 6) is -0.327. The summed E-state index contributed by atoms with van der Waals surface area (Å²) < 4.78 is 6.73. The Hall–Kier alpha value is -1.88. The molecule has 0 aliphatic carbocycles. The number of hydrogen-bond donors (Lipinski definition) is 0. The third-order valence-electron chi connectivity index (χ3n) is 4.20. The number of fused-ring (bicyclic) bond motifs is 1. The number of nitrogens with zero attached hydrogens (tertiary/aromatic N) is 3. The second kappa shape index (κ2) is 5.48. The molecule has 2 aromatic heterocycles. The molecule has 5 nitrogen and oxygen atoms in total. The highest BCUT2D eigenvalue weighted by Gasteiger charge is 2.29. The molecule has 2 aromatic rings. The van der Waals surface area contributed by atoms with Gasteiger partial charge in [-0.3, -0.25) is 4.90 Å². The molecule has 1 aliphatic rings. The Morgan fingerprint density at radius 2 is 2.29 bits per heavy atom. The number of ether oxygens (including phenoxy) is 1. The number of carbonyl (C=O) groups excluding carboxylic acids is 1. The lowest BCUT2D eigenvalue weighted by Crippen LogP contribution is -2.30. The number of carbonyl (C=O) groups is 1. The van der Waals surface area contributed by atoms with Crippen molar-refractivity contribution >= 4 is 11.6 Å². The maximum Gasteiger partial charge on any atom is 0.338 e. The molecule has 1 atom stereocenters. The number of esters is 1. The van der Waals surface area contributed by atoms with Crippen LogP contribution in [-0.4, -0.2) is 40.0 Å². The molecule has 0 N–H and O–H groups in total. The van der Waals surface area contributed by atoms with Crippen LogP contribution >= 0.6 is 0 Å². The zero-order valence-corrected chi connectivity index (χ0v) is 12.7. The zero-order valence-electron chi connectivity index (χ0n) is 12.7. The van der Waals surface area contributed by atoms with Crippen molar-refractivity contribution in [3.05, 3.63) is 35.8 Å². The summed E-state index contributed by atoms with van der Waals surface area (Å²) >= 11 is 0. The van der Waals surface area contributed by atoms with Crippen LogP contribution < -0.4 is 0 Å². The van der Waals surface area contributed by atoms with Gasteiger partial charge in [0.05, 0.1) is 24.4 Å². The monoisotopic (exact) mass is 287 g/mol. The van der Waals surface area contributed by atoms with Gasteiger partial charge in [-0.05, 0) is 45.4 Å². The fourth-order valence-electron chi connectivity index (χ4n) is 3.13. The molecule has 0 spiro atoms. The van der Waals surface area contributed by atoms with Crippen molar-refractivity contribution in [2.45, 2.75) is 38.8 Å². The quantitative estimate of drug-likeness (QED) is 0.814. The van der Waals surface area contributed by atoms with Gasteiger partial charge in [0.15, 0.2) is 0 Å². The van der Waals surface area contributed by atoms with E-state index in [4.69, 9.17) is 9.72 Å². The van der Waals surface area contributed by atoms with Crippen molar-refractivity contribution in [3.63, 3.8) is 0 Å². The Morgan fingerprint density at radius 1 is 1.48 bits per heavy atom. The average Bonchev–Trinajstić information content (AvgIpc) is 3.11. The number of pyridine rings is 1. The second-order valence-corrected chi connectivity index (χ2v) is 5.83. The molecule has 3 heterocycles. The lowest BCUT2D eigenvalue weighted by atomic mass is 10.1. The van der Waals surface area contributed by atoms with Gasteiger partial charge in [-0.1, -0.05) is 0 Å². The smallest absolute Gasteiger partial charge is 0.338 e. The van der Waals surface area contributed by atoms with Gasteiger partial charge in [0.25, 0.3) is 0 Å². The van der Waals surface area contributed by atoms with Crippen LogP contribution in [0.4, 0.5) is 0 Å². The van der Waals surface area contributed by atoms with E-state index in [9.17, 15) is 4.79 Å². The largest absolute Gasteiger partial charge is 0.465 e. The molecule has 0 radical (unpaired) electrons. The molecule has 1 aliphatic heterocycles. The van der Waals surface area contributed by atoms with Gasteiger partial charge in [-0.25, -0.2) is 9.78 Å². The summed E-state index contributed by atoms with van der Waals surface area (Å²) in [5.41, 5.74) is 2.42.